The van der Waals surface area contributed by atoms with E-state index in [4.69, 9.17) is 9.26 Å². The van der Waals surface area contributed by atoms with E-state index in [1.165, 1.54) is 24.2 Å². The van der Waals surface area contributed by atoms with Gasteiger partial charge in [-0.3, -0.25) is 14.5 Å². The molecule has 0 spiro atoms. The molecule has 3 heterocycles. The first-order valence-corrected chi connectivity index (χ1v) is 12.9. The monoisotopic (exact) mass is 508 g/mol. The molecular formula is C22H25FN4O7S. The number of esters is 1. The topological polar surface area (TPSA) is 140 Å². The van der Waals surface area contributed by atoms with Crippen molar-refractivity contribution in [3.8, 4) is 0 Å². The number of hydrogen-bond acceptors (Lipinski definition) is 9. The predicted octanol–water partition coefficient (Wildman–Crippen LogP) is 2.69. The molecule has 2 aromatic rings. The Morgan fingerprint density at radius 3 is 2.74 bits per heavy atom. The van der Waals surface area contributed by atoms with Crippen molar-refractivity contribution in [3.63, 3.8) is 0 Å². The van der Waals surface area contributed by atoms with E-state index in [0.717, 1.165) is 0 Å². The Kier molecular flexibility index (Phi) is 7.34. The van der Waals surface area contributed by atoms with Crippen LogP contribution in [0.15, 0.2) is 39.4 Å². The molecule has 1 aromatic carbocycles. The van der Waals surface area contributed by atoms with Gasteiger partial charge in [0, 0.05) is 24.5 Å². The molecule has 2 fully saturated rings. The molecule has 0 radical (unpaired) electrons. The van der Waals surface area contributed by atoms with Crippen LogP contribution < -0.4 is 10.2 Å². The van der Waals surface area contributed by atoms with Gasteiger partial charge in [-0.05, 0) is 36.5 Å². The molecule has 1 atom stereocenters. The van der Waals surface area contributed by atoms with Crippen LogP contribution in [0, 0.1) is 5.82 Å². The molecule has 4 rings (SSSR count). The van der Waals surface area contributed by atoms with Gasteiger partial charge in [-0.15, -0.1) is 0 Å². The van der Waals surface area contributed by atoms with Crippen molar-refractivity contribution in [2.75, 3.05) is 41.4 Å². The van der Waals surface area contributed by atoms with E-state index in [1.54, 1.807) is 18.2 Å². The molecule has 0 unspecified atom stereocenters. The minimum atomic E-state index is -2.77. The molecule has 13 heteroatoms. The second-order valence-corrected chi connectivity index (χ2v) is 10.9. The lowest BCUT2D eigenvalue weighted by molar-refractivity contribution is -0.145. The van der Waals surface area contributed by atoms with E-state index < -0.39 is 46.2 Å². The predicted molar refractivity (Wildman–Crippen MR) is 123 cm³/mol. The van der Waals surface area contributed by atoms with Gasteiger partial charge in [-0.25, -0.2) is 13.4 Å². The number of aromatic nitrogens is 1. The molecule has 2 aliphatic heterocycles. The highest BCUT2D eigenvalue weighted by Crippen LogP contribution is 2.34. The summed E-state index contributed by atoms with van der Waals surface area (Å²) in [5.41, 5.74) is 0.837. The van der Waals surface area contributed by atoms with Crippen LogP contribution in [0.3, 0.4) is 0 Å². The number of cyclic esters (lactones) is 1. The van der Waals surface area contributed by atoms with Gasteiger partial charge in [0.15, 0.2) is 12.4 Å². The van der Waals surface area contributed by atoms with Crippen molar-refractivity contribution >= 4 is 39.2 Å². The third-order valence-electron chi connectivity index (χ3n) is 5.80. The van der Waals surface area contributed by atoms with Crippen LogP contribution in [0.25, 0.3) is 0 Å². The van der Waals surface area contributed by atoms with Crippen molar-refractivity contribution in [2.45, 2.75) is 31.8 Å². The van der Waals surface area contributed by atoms with Gasteiger partial charge in [-0.1, -0.05) is 11.2 Å². The van der Waals surface area contributed by atoms with Crippen LogP contribution in [0.1, 0.15) is 31.2 Å². The molecule has 11 nitrogen and oxygen atoms in total. The lowest BCUT2D eigenvalue weighted by atomic mass is 9.93. The van der Waals surface area contributed by atoms with E-state index in [2.05, 4.69) is 19.6 Å². The fraction of sp³-hybridized carbons (Fsp3) is 0.455. The average Bonchev–Trinajstić information content (AvgIpc) is 3.46. The summed E-state index contributed by atoms with van der Waals surface area (Å²) >= 11 is 0. The zero-order valence-electron chi connectivity index (χ0n) is 19.0. The molecule has 188 valence electrons. The zero-order valence-corrected chi connectivity index (χ0v) is 19.8. The summed E-state index contributed by atoms with van der Waals surface area (Å²) in [6.07, 6.45) is 1.19. The summed E-state index contributed by atoms with van der Waals surface area (Å²) in [5, 5.41) is 6.72. The minimum absolute atomic E-state index is 0.142. The summed E-state index contributed by atoms with van der Waals surface area (Å²) in [7, 11) is -2.77. The largest absolute Gasteiger partial charge is 0.456 e. The van der Waals surface area contributed by atoms with Crippen molar-refractivity contribution in [1.82, 2.24) is 5.16 Å². The number of anilines is 2. The Bertz CT molecular complexity index is 1210. The van der Waals surface area contributed by atoms with E-state index in [9.17, 15) is 18.6 Å². The second-order valence-electron chi connectivity index (χ2n) is 8.31. The van der Waals surface area contributed by atoms with Crippen LogP contribution in [-0.2, 0) is 28.8 Å². The molecule has 2 aliphatic rings. The van der Waals surface area contributed by atoms with Crippen LogP contribution in [0.4, 0.5) is 20.7 Å². The van der Waals surface area contributed by atoms with Crippen molar-refractivity contribution < 1.29 is 37.0 Å². The quantitative estimate of drug-likeness (QED) is 0.559. The number of benzene rings is 1. The SMILES string of the molecule is CC(=O)OCC(=O)N=S1(=O)CCC(c2ccc(N3C[C@H](CNc4ccon4)OC3=O)cc2F)CC1. The Morgan fingerprint density at radius 2 is 2.09 bits per heavy atom. The van der Waals surface area contributed by atoms with Gasteiger partial charge >= 0.3 is 12.1 Å². The van der Waals surface area contributed by atoms with Gasteiger partial charge in [-0.2, -0.15) is 4.36 Å². The Labute approximate surface area is 201 Å². The molecular weight excluding hydrogens is 483 g/mol. The zero-order chi connectivity index (χ0) is 25.0. The van der Waals surface area contributed by atoms with E-state index in [-0.39, 0.29) is 24.0 Å². The maximum absolute atomic E-state index is 15.0. The highest BCUT2D eigenvalue weighted by atomic mass is 32.2. The fourth-order valence-electron chi connectivity index (χ4n) is 4.05. The van der Waals surface area contributed by atoms with Crippen LogP contribution >= 0.6 is 0 Å². The summed E-state index contributed by atoms with van der Waals surface area (Å²) < 4.78 is 46.3. The molecule has 0 aliphatic carbocycles. The molecule has 35 heavy (non-hydrogen) atoms. The Balaban J connectivity index is 1.35. The fourth-order valence-corrected chi connectivity index (χ4v) is 6.17. The van der Waals surface area contributed by atoms with Gasteiger partial charge in [0.1, 0.15) is 18.2 Å². The van der Waals surface area contributed by atoms with Gasteiger partial charge < -0.3 is 19.3 Å². The Morgan fingerprint density at radius 1 is 1.31 bits per heavy atom. The molecule has 2 amide bonds. The highest BCUT2D eigenvalue weighted by molar-refractivity contribution is 7.93. The first kappa shape index (κ1) is 24.6. The van der Waals surface area contributed by atoms with Crippen molar-refractivity contribution in [3.05, 3.63) is 41.9 Å². The Hall–Kier alpha value is -3.48. The number of hydrogen-bond donors (Lipinski definition) is 1. The number of rotatable bonds is 7. The number of ether oxygens (including phenoxy) is 2. The summed E-state index contributed by atoms with van der Waals surface area (Å²) in [5.74, 6) is -1.22. The average molecular weight is 509 g/mol. The number of halogens is 1. The third-order valence-corrected chi connectivity index (χ3v) is 8.08. The van der Waals surface area contributed by atoms with E-state index >= 15 is 4.39 Å². The summed E-state index contributed by atoms with van der Waals surface area (Å²) in [6.45, 7) is 1.20. The standard InChI is InChI=1S/C22H25FN4O7S/c1-14(28)32-13-21(29)26-35(31)8-5-15(6-9-35)18-3-2-16(10-19(18)23)27-12-17(34-22(27)30)11-24-20-4-7-33-25-20/h2-4,7,10,15,17H,5-6,8-9,11-13H2,1H3,(H,24,25)/t15?,17-,35?/m0/s1. The first-order valence-electron chi connectivity index (χ1n) is 11.0. The summed E-state index contributed by atoms with van der Waals surface area (Å²) in [6, 6.07) is 6.22. The summed E-state index contributed by atoms with van der Waals surface area (Å²) in [4.78, 5) is 36.3. The number of carbonyl (C=O) groups is 3. The number of carbonyl (C=O) groups excluding carboxylic acids is 3. The lowest BCUT2D eigenvalue weighted by Gasteiger charge is -2.25. The van der Waals surface area contributed by atoms with Gasteiger partial charge in [0.25, 0.3) is 5.91 Å². The van der Waals surface area contributed by atoms with Gasteiger partial charge in [0.05, 0.1) is 28.5 Å². The lowest BCUT2D eigenvalue weighted by Crippen LogP contribution is -2.27. The van der Waals surface area contributed by atoms with E-state index in [0.29, 0.717) is 36.5 Å². The molecule has 0 bridgehead atoms. The van der Waals surface area contributed by atoms with Crippen molar-refractivity contribution in [2.24, 2.45) is 4.36 Å². The normalized spacial score (nSPS) is 24.1. The van der Waals surface area contributed by atoms with Crippen LogP contribution in [-0.4, -0.2) is 64.6 Å². The maximum atomic E-state index is 15.0. The molecule has 1 N–H and O–H groups in total. The van der Waals surface area contributed by atoms with Gasteiger partial charge in [0.2, 0.25) is 0 Å². The van der Waals surface area contributed by atoms with Crippen LogP contribution in [0.2, 0.25) is 0 Å². The van der Waals surface area contributed by atoms with Crippen LogP contribution in [0.5, 0.6) is 0 Å². The highest BCUT2D eigenvalue weighted by Gasteiger charge is 2.33. The molecule has 1 aromatic heterocycles. The van der Waals surface area contributed by atoms with E-state index in [1.807, 2.05) is 0 Å². The number of nitrogens with one attached hydrogen (secondary N) is 1. The number of amides is 2. The number of nitrogens with zero attached hydrogens (tertiary/aromatic N) is 3. The van der Waals surface area contributed by atoms with Crippen molar-refractivity contribution in [1.29, 1.82) is 0 Å². The molecule has 2 saturated heterocycles. The third kappa shape index (κ3) is 6.15. The minimum Gasteiger partial charge on any atom is -0.456 e. The maximum Gasteiger partial charge on any atom is 0.414 e. The smallest absolute Gasteiger partial charge is 0.414 e. The first-order chi connectivity index (χ1) is 16.7. The second kappa shape index (κ2) is 10.4. The molecule has 0 saturated carbocycles.